The highest BCUT2D eigenvalue weighted by molar-refractivity contribution is 5.79. The summed E-state index contributed by atoms with van der Waals surface area (Å²) in [6.45, 7) is 2.40. The molecule has 0 spiro atoms. The maximum atomic E-state index is 11.7. The lowest BCUT2D eigenvalue weighted by Gasteiger charge is -2.16. The zero-order chi connectivity index (χ0) is 10.7. The second-order valence-electron chi connectivity index (χ2n) is 4.69. The lowest BCUT2D eigenvalue weighted by molar-refractivity contribution is -0.124. The number of aliphatic hydroxyl groups excluding tert-OH is 1. The summed E-state index contributed by atoms with van der Waals surface area (Å²) in [5.41, 5.74) is 0. The fourth-order valence-electron chi connectivity index (χ4n) is 2.51. The number of amides is 1. The van der Waals surface area contributed by atoms with Gasteiger partial charge in [0, 0.05) is 19.0 Å². The molecular weight excluding hydrogens is 192 g/mol. The molecule has 0 radical (unpaired) electrons. The van der Waals surface area contributed by atoms with Gasteiger partial charge in [0.15, 0.2) is 0 Å². The van der Waals surface area contributed by atoms with Crippen LogP contribution in [0.4, 0.5) is 0 Å². The van der Waals surface area contributed by atoms with Crippen LogP contribution in [-0.4, -0.2) is 36.8 Å². The summed E-state index contributed by atoms with van der Waals surface area (Å²) in [6.07, 6.45) is 3.77. The minimum Gasteiger partial charge on any atom is -0.393 e. The quantitative estimate of drug-likeness (QED) is 0.611. The molecule has 1 heterocycles. The number of rotatable bonds is 3. The first-order chi connectivity index (χ1) is 7.27. The standard InChI is InChI=1S/C11H20N2O2/c14-10-3-1-2-8(10)7-13-11(15)9-4-5-12-6-9/h8-10,12,14H,1-7H2,(H,13,15)/t8?,9-,10?/m0/s1. The van der Waals surface area contributed by atoms with Crippen LogP contribution in [0.25, 0.3) is 0 Å². The summed E-state index contributed by atoms with van der Waals surface area (Å²) >= 11 is 0. The first-order valence-corrected chi connectivity index (χ1v) is 5.94. The van der Waals surface area contributed by atoms with Crippen LogP contribution < -0.4 is 10.6 Å². The van der Waals surface area contributed by atoms with Gasteiger partial charge in [-0.1, -0.05) is 6.42 Å². The van der Waals surface area contributed by atoms with Crippen LogP contribution in [0.2, 0.25) is 0 Å². The summed E-state index contributed by atoms with van der Waals surface area (Å²) in [5, 5.41) is 15.7. The molecule has 2 fully saturated rings. The first kappa shape index (κ1) is 10.9. The molecule has 0 aromatic carbocycles. The van der Waals surface area contributed by atoms with Crippen molar-refractivity contribution >= 4 is 5.91 Å². The van der Waals surface area contributed by atoms with Crippen LogP contribution in [0.1, 0.15) is 25.7 Å². The molecule has 2 unspecified atom stereocenters. The number of nitrogens with one attached hydrogen (secondary N) is 2. The average molecular weight is 212 g/mol. The van der Waals surface area contributed by atoms with Gasteiger partial charge in [-0.15, -0.1) is 0 Å². The van der Waals surface area contributed by atoms with Gasteiger partial charge < -0.3 is 15.7 Å². The van der Waals surface area contributed by atoms with Crippen molar-refractivity contribution in [2.24, 2.45) is 11.8 Å². The Hall–Kier alpha value is -0.610. The maximum Gasteiger partial charge on any atom is 0.224 e. The Morgan fingerprint density at radius 3 is 2.87 bits per heavy atom. The molecule has 0 aromatic rings. The van der Waals surface area contributed by atoms with Gasteiger partial charge in [-0.2, -0.15) is 0 Å². The molecule has 1 amide bonds. The van der Waals surface area contributed by atoms with Crippen LogP contribution in [-0.2, 0) is 4.79 Å². The van der Waals surface area contributed by atoms with Crippen molar-refractivity contribution < 1.29 is 9.90 Å². The van der Waals surface area contributed by atoms with E-state index >= 15 is 0 Å². The number of carbonyl (C=O) groups is 1. The van der Waals surface area contributed by atoms with E-state index in [2.05, 4.69) is 10.6 Å². The summed E-state index contributed by atoms with van der Waals surface area (Å²) < 4.78 is 0. The predicted octanol–water partition coefficient (Wildman–Crippen LogP) is -0.127. The van der Waals surface area contributed by atoms with Gasteiger partial charge in [-0.05, 0) is 25.8 Å². The van der Waals surface area contributed by atoms with Crippen LogP contribution in [0.3, 0.4) is 0 Å². The molecule has 2 aliphatic rings. The number of aliphatic hydroxyl groups is 1. The summed E-state index contributed by atoms with van der Waals surface area (Å²) in [6, 6.07) is 0. The van der Waals surface area contributed by atoms with Crippen LogP contribution >= 0.6 is 0 Å². The number of hydrogen-bond donors (Lipinski definition) is 3. The lowest BCUT2D eigenvalue weighted by atomic mass is 10.0. The van der Waals surface area contributed by atoms with Gasteiger partial charge in [0.25, 0.3) is 0 Å². The zero-order valence-corrected chi connectivity index (χ0v) is 9.04. The van der Waals surface area contributed by atoms with E-state index in [0.29, 0.717) is 6.54 Å². The molecular formula is C11H20N2O2. The van der Waals surface area contributed by atoms with Crippen molar-refractivity contribution in [3.8, 4) is 0 Å². The van der Waals surface area contributed by atoms with Crippen molar-refractivity contribution in [3.05, 3.63) is 0 Å². The molecule has 2 rings (SSSR count). The third-order valence-corrected chi connectivity index (χ3v) is 3.59. The van der Waals surface area contributed by atoms with E-state index in [9.17, 15) is 9.90 Å². The molecule has 1 aliphatic carbocycles. The Labute approximate surface area is 90.4 Å². The van der Waals surface area contributed by atoms with Crippen LogP contribution in [0.5, 0.6) is 0 Å². The highest BCUT2D eigenvalue weighted by Gasteiger charge is 2.27. The van der Waals surface area contributed by atoms with Crippen molar-refractivity contribution in [1.29, 1.82) is 0 Å². The lowest BCUT2D eigenvalue weighted by Crippen LogP contribution is -2.37. The van der Waals surface area contributed by atoms with Crippen molar-refractivity contribution in [3.63, 3.8) is 0 Å². The van der Waals surface area contributed by atoms with Crippen LogP contribution in [0.15, 0.2) is 0 Å². The molecule has 1 aliphatic heterocycles. The topological polar surface area (TPSA) is 61.4 Å². The Bertz CT molecular complexity index is 227. The minimum atomic E-state index is -0.202. The third-order valence-electron chi connectivity index (χ3n) is 3.59. The van der Waals surface area contributed by atoms with Crippen molar-refractivity contribution in [2.45, 2.75) is 31.8 Å². The monoisotopic (exact) mass is 212 g/mol. The Balaban J connectivity index is 1.70. The van der Waals surface area contributed by atoms with E-state index in [1.807, 2.05) is 0 Å². The molecule has 4 heteroatoms. The molecule has 0 aromatic heterocycles. The van der Waals surface area contributed by atoms with Gasteiger partial charge >= 0.3 is 0 Å². The molecule has 3 N–H and O–H groups in total. The van der Waals surface area contributed by atoms with Gasteiger partial charge in [0.1, 0.15) is 0 Å². The summed E-state index contributed by atoms with van der Waals surface area (Å²) in [7, 11) is 0. The second kappa shape index (κ2) is 4.94. The van der Waals surface area contributed by atoms with Gasteiger partial charge in [0.2, 0.25) is 5.91 Å². The van der Waals surface area contributed by atoms with E-state index in [4.69, 9.17) is 0 Å². The summed E-state index contributed by atoms with van der Waals surface area (Å²) in [5.74, 6) is 0.575. The van der Waals surface area contributed by atoms with E-state index < -0.39 is 0 Å². The maximum absolute atomic E-state index is 11.7. The Morgan fingerprint density at radius 1 is 1.40 bits per heavy atom. The molecule has 15 heavy (non-hydrogen) atoms. The molecule has 4 nitrogen and oxygen atoms in total. The smallest absolute Gasteiger partial charge is 0.224 e. The molecule has 0 bridgehead atoms. The van der Waals surface area contributed by atoms with E-state index in [0.717, 1.165) is 38.8 Å². The largest absolute Gasteiger partial charge is 0.393 e. The normalized spacial score (nSPS) is 35.7. The molecule has 3 atom stereocenters. The fraction of sp³-hybridized carbons (Fsp3) is 0.909. The van der Waals surface area contributed by atoms with E-state index in [1.165, 1.54) is 0 Å². The Kier molecular flexibility index (Phi) is 3.59. The zero-order valence-electron chi connectivity index (χ0n) is 9.04. The van der Waals surface area contributed by atoms with E-state index in [-0.39, 0.29) is 23.8 Å². The van der Waals surface area contributed by atoms with Gasteiger partial charge in [0.05, 0.1) is 12.0 Å². The minimum absolute atomic E-state index is 0.142. The van der Waals surface area contributed by atoms with E-state index in [1.54, 1.807) is 0 Å². The highest BCUT2D eigenvalue weighted by atomic mass is 16.3. The number of carbonyl (C=O) groups excluding carboxylic acids is 1. The van der Waals surface area contributed by atoms with Gasteiger partial charge in [-0.3, -0.25) is 4.79 Å². The first-order valence-electron chi connectivity index (χ1n) is 5.94. The molecule has 86 valence electrons. The SMILES string of the molecule is O=C(NCC1CCCC1O)[C@H]1CCNC1. The third kappa shape index (κ3) is 2.69. The average Bonchev–Trinajstić information content (AvgIpc) is 2.85. The summed E-state index contributed by atoms with van der Waals surface area (Å²) in [4.78, 5) is 11.7. The fourth-order valence-corrected chi connectivity index (χ4v) is 2.51. The number of hydrogen-bond acceptors (Lipinski definition) is 3. The van der Waals surface area contributed by atoms with Gasteiger partial charge in [-0.25, -0.2) is 0 Å². The molecule has 1 saturated heterocycles. The predicted molar refractivity (Wildman–Crippen MR) is 57.3 cm³/mol. The van der Waals surface area contributed by atoms with Crippen molar-refractivity contribution in [1.82, 2.24) is 10.6 Å². The second-order valence-corrected chi connectivity index (χ2v) is 4.69. The van der Waals surface area contributed by atoms with Crippen molar-refractivity contribution in [2.75, 3.05) is 19.6 Å². The molecule has 1 saturated carbocycles. The highest BCUT2D eigenvalue weighted by Crippen LogP contribution is 2.24. The van der Waals surface area contributed by atoms with Crippen LogP contribution in [0, 0.1) is 11.8 Å². The Morgan fingerprint density at radius 2 is 2.27 bits per heavy atom.